The largest absolute Gasteiger partial charge is 0.481 e. The molecule has 5 nitrogen and oxygen atoms in total. The maximum Gasteiger partial charge on any atom is 0.218 e. The van der Waals surface area contributed by atoms with E-state index in [-0.39, 0.29) is 29.8 Å². The molecule has 2 rings (SSSR count). The lowest BCUT2D eigenvalue weighted by Crippen LogP contribution is -2.38. The Kier molecular flexibility index (Phi) is 9.06. The number of aromatic nitrogens is 1. The van der Waals surface area contributed by atoms with Crippen LogP contribution >= 0.6 is 24.0 Å². The topological polar surface area (TPSA) is 58.5 Å². The molecule has 0 unspecified atom stereocenters. The van der Waals surface area contributed by atoms with Gasteiger partial charge in [-0.05, 0) is 24.1 Å². The Morgan fingerprint density at radius 3 is 2.62 bits per heavy atom. The van der Waals surface area contributed by atoms with Crippen molar-refractivity contribution in [3.8, 4) is 5.88 Å². The molecule has 0 radical (unpaired) electrons. The molecule has 7 heteroatoms. The Morgan fingerprint density at radius 1 is 1.17 bits per heavy atom. The van der Waals surface area contributed by atoms with Gasteiger partial charge in [0.25, 0.3) is 0 Å². The predicted octanol–water partition coefficient (Wildman–Crippen LogP) is 2.76. The minimum Gasteiger partial charge on any atom is -0.481 e. The number of pyridine rings is 1. The molecule has 0 aliphatic carbocycles. The fourth-order valence-corrected chi connectivity index (χ4v) is 2.16. The quantitative estimate of drug-likeness (QED) is 0.409. The number of methoxy groups -OCH3 is 1. The lowest BCUT2D eigenvalue weighted by atomic mass is 10.1. The van der Waals surface area contributed by atoms with Crippen molar-refractivity contribution in [3.05, 3.63) is 59.5 Å². The van der Waals surface area contributed by atoms with E-state index in [1.54, 1.807) is 32.5 Å². The molecule has 1 aromatic carbocycles. The zero-order valence-electron chi connectivity index (χ0n) is 13.8. The first-order valence-electron chi connectivity index (χ1n) is 7.40. The average molecular weight is 444 g/mol. The summed E-state index contributed by atoms with van der Waals surface area (Å²) in [6, 6.07) is 10.6. The number of hydrogen-bond acceptors (Lipinski definition) is 3. The fourth-order valence-electron chi connectivity index (χ4n) is 2.16. The summed E-state index contributed by atoms with van der Waals surface area (Å²) >= 11 is 0. The Bertz CT molecular complexity index is 667. The molecule has 130 valence electrons. The first kappa shape index (κ1) is 20.1. The van der Waals surface area contributed by atoms with Crippen LogP contribution in [0, 0.1) is 5.82 Å². The molecule has 0 amide bonds. The number of halogens is 2. The summed E-state index contributed by atoms with van der Waals surface area (Å²) in [7, 11) is 3.28. The van der Waals surface area contributed by atoms with Crippen molar-refractivity contribution in [3.63, 3.8) is 0 Å². The summed E-state index contributed by atoms with van der Waals surface area (Å²) in [6.45, 7) is 1.13. The van der Waals surface area contributed by atoms with Gasteiger partial charge < -0.3 is 15.4 Å². The van der Waals surface area contributed by atoms with Crippen LogP contribution in [0.5, 0.6) is 5.88 Å². The van der Waals surface area contributed by atoms with Gasteiger partial charge in [-0.2, -0.15) is 0 Å². The molecule has 0 aliphatic rings. The van der Waals surface area contributed by atoms with E-state index in [1.807, 2.05) is 18.2 Å². The minimum atomic E-state index is -0.183. The van der Waals surface area contributed by atoms with Crippen molar-refractivity contribution in [2.45, 2.75) is 13.0 Å². The lowest BCUT2D eigenvalue weighted by Gasteiger charge is -2.13. The van der Waals surface area contributed by atoms with Crippen LogP contribution in [0.25, 0.3) is 0 Å². The molecule has 0 saturated carbocycles. The summed E-state index contributed by atoms with van der Waals surface area (Å²) in [5.41, 5.74) is 1.62. The number of hydrogen-bond donors (Lipinski definition) is 2. The number of benzene rings is 1. The van der Waals surface area contributed by atoms with Crippen LogP contribution in [0.3, 0.4) is 0 Å². The second kappa shape index (κ2) is 10.8. The third-order valence-corrected chi connectivity index (χ3v) is 3.36. The Balaban J connectivity index is 0.00000288. The number of aliphatic imine (C=N–C) groups is 1. The summed E-state index contributed by atoms with van der Waals surface area (Å²) in [5.74, 6) is 1.05. The van der Waals surface area contributed by atoms with Crippen LogP contribution in [0.4, 0.5) is 4.39 Å². The van der Waals surface area contributed by atoms with Crippen molar-refractivity contribution in [1.82, 2.24) is 15.6 Å². The molecule has 0 bridgehead atoms. The molecule has 2 aromatic rings. The van der Waals surface area contributed by atoms with E-state index in [1.165, 1.54) is 6.07 Å². The molecule has 0 aliphatic heterocycles. The minimum absolute atomic E-state index is 0. The normalized spacial score (nSPS) is 10.7. The van der Waals surface area contributed by atoms with Crippen molar-refractivity contribution in [2.75, 3.05) is 20.7 Å². The van der Waals surface area contributed by atoms with E-state index in [0.29, 0.717) is 36.9 Å². The van der Waals surface area contributed by atoms with Gasteiger partial charge in [0.15, 0.2) is 5.96 Å². The highest BCUT2D eigenvalue weighted by atomic mass is 127. The SMILES string of the molecule is CN=C(NCCc1ccccc1F)NCc1cccnc1OC.I. The molecule has 0 fully saturated rings. The smallest absolute Gasteiger partial charge is 0.218 e. The van der Waals surface area contributed by atoms with E-state index >= 15 is 0 Å². The molecule has 2 N–H and O–H groups in total. The second-order valence-corrected chi connectivity index (χ2v) is 4.87. The maximum absolute atomic E-state index is 13.6. The van der Waals surface area contributed by atoms with Gasteiger partial charge in [-0.3, -0.25) is 4.99 Å². The van der Waals surface area contributed by atoms with Crippen molar-refractivity contribution < 1.29 is 9.13 Å². The van der Waals surface area contributed by atoms with Gasteiger partial charge in [0.05, 0.1) is 7.11 Å². The highest BCUT2D eigenvalue weighted by Gasteiger charge is 2.05. The molecular weight excluding hydrogens is 422 g/mol. The molecule has 0 saturated heterocycles. The molecule has 1 aromatic heterocycles. The summed E-state index contributed by atoms with van der Waals surface area (Å²) in [4.78, 5) is 8.30. The van der Waals surface area contributed by atoms with E-state index in [2.05, 4.69) is 20.6 Å². The van der Waals surface area contributed by atoms with Gasteiger partial charge >= 0.3 is 0 Å². The van der Waals surface area contributed by atoms with Crippen LogP contribution in [0.15, 0.2) is 47.6 Å². The van der Waals surface area contributed by atoms with Crippen molar-refractivity contribution in [1.29, 1.82) is 0 Å². The zero-order chi connectivity index (χ0) is 16.5. The van der Waals surface area contributed by atoms with Gasteiger partial charge in [-0.15, -0.1) is 24.0 Å². The van der Waals surface area contributed by atoms with Crippen molar-refractivity contribution >= 4 is 29.9 Å². The van der Waals surface area contributed by atoms with Crippen LogP contribution in [0.1, 0.15) is 11.1 Å². The van der Waals surface area contributed by atoms with E-state index in [9.17, 15) is 4.39 Å². The number of nitrogens with zero attached hydrogens (tertiary/aromatic N) is 2. The molecule has 0 spiro atoms. The highest BCUT2D eigenvalue weighted by molar-refractivity contribution is 14.0. The third-order valence-electron chi connectivity index (χ3n) is 3.36. The van der Waals surface area contributed by atoms with Crippen LogP contribution in [0.2, 0.25) is 0 Å². The number of ether oxygens (including phenoxy) is 1. The van der Waals surface area contributed by atoms with Crippen LogP contribution in [-0.2, 0) is 13.0 Å². The highest BCUT2D eigenvalue weighted by Crippen LogP contribution is 2.12. The van der Waals surface area contributed by atoms with Gasteiger partial charge in [-0.1, -0.05) is 24.3 Å². The molecule has 24 heavy (non-hydrogen) atoms. The molecular formula is C17H22FIN4O. The van der Waals surface area contributed by atoms with E-state index in [4.69, 9.17) is 4.74 Å². The zero-order valence-corrected chi connectivity index (χ0v) is 16.1. The number of nitrogens with one attached hydrogen (secondary N) is 2. The molecule has 0 atom stereocenters. The Hall–Kier alpha value is -1.90. The summed E-state index contributed by atoms with van der Waals surface area (Å²) < 4.78 is 18.8. The Morgan fingerprint density at radius 2 is 1.92 bits per heavy atom. The summed E-state index contributed by atoms with van der Waals surface area (Å²) in [6.07, 6.45) is 2.27. The van der Waals surface area contributed by atoms with E-state index in [0.717, 1.165) is 5.56 Å². The van der Waals surface area contributed by atoms with Gasteiger partial charge in [0, 0.05) is 31.9 Å². The first-order chi connectivity index (χ1) is 11.2. The Labute approximate surface area is 158 Å². The monoisotopic (exact) mass is 444 g/mol. The van der Waals surface area contributed by atoms with Crippen LogP contribution < -0.4 is 15.4 Å². The van der Waals surface area contributed by atoms with Crippen LogP contribution in [-0.4, -0.2) is 31.6 Å². The number of guanidine groups is 1. The third kappa shape index (κ3) is 5.95. The predicted molar refractivity (Wildman–Crippen MR) is 105 cm³/mol. The lowest BCUT2D eigenvalue weighted by molar-refractivity contribution is 0.392. The number of rotatable bonds is 6. The second-order valence-electron chi connectivity index (χ2n) is 4.87. The van der Waals surface area contributed by atoms with Gasteiger partial charge in [0.2, 0.25) is 5.88 Å². The van der Waals surface area contributed by atoms with Gasteiger partial charge in [0.1, 0.15) is 5.82 Å². The summed E-state index contributed by atoms with van der Waals surface area (Å²) in [5, 5.41) is 6.35. The standard InChI is InChI=1S/C17H21FN4O.HI/c1-19-17(21-11-9-13-6-3-4-8-15(13)18)22-12-14-7-5-10-20-16(14)23-2;/h3-8,10H,9,11-12H2,1-2H3,(H2,19,21,22);1H. The van der Waals surface area contributed by atoms with Gasteiger partial charge in [-0.25, -0.2) is 9.37 Å². The fraction of sp³-hybridized carbons (Fsp3) is 0.294. The van der Waals surface area contributed by atoms with E-state index < -0.39 is 0 Å². The average Bonchev–Trinajstić information content (AvgIpc) is 2.59. The van der Waals surface area contributed by atoms with Crippen molar-refractivity contribution in [2.24, 2.45) is 4.99 Å². The first-order valence-corrected chi connectivity index (χ1v) is 7.40. The molecule has 1 heterocycles. The maximum atomic E-state index is 13.6.